The first-order chi connectivity index (χ1) is 5.55. The van der Waals surface area contributed by atoms with Gasteiger partial charge in [-0.05, 0) is 12.5 Å². The maximum absolute atomic E-state index is 9.71. The molecule has 0 saturated heterocycles. The van der Waals surface area contributed by atoms with E-state index in [-0.39, 0.29) is 18.2 Å². The zero-order valence-electron chi connectivity index (χ0n) is 7.32. The molecule has 0 aliphatic rings. The Balaban J connectivity index is 0.00000144. The zero-order valence-corrected chi connectivity index (χ0v) is 8.14. The molecule has 0 spiro atoms. The van der Waals surface area contributed by atoms with E-state index in [2.05, 4.69) is 0 Å². The third kappa shape index (κ3) is 2.44. The van der Waals surface area contributed by atoms with Gasteiger partial charge in [0, 0.05) is 0 Å². The molecule has 0 saturated carbocycles. The van der Waals surface area contributed by atoms with Gasteiger partial charge in [-0.15, -0.1) is 12.4 Å². The van der Waals surface area contributed by atoms with Gasteiger partial charge in [0.2, 0.25) is 0 Å². The van der Waals surface area contributed by atoms with Crippen LogP contribution in [0.15, 0.2) is 30.3 Å². The number of hydrogen-bond acceptors (Lipinski definition) is 2. The molecule has 0 bridgehead atoms. The number of aliphatic hydroxyl groups is 1. The molecule has 1 atom stereocenters. The van der Waals surface area contributed by atoms with Crippen LogP contribution in [0, 0.1) is 5.41 Å². The van der Waals surface area contributed by atoms with E-state index in [4.69, 9.17) is 11.1 Å². The molecule has 72 valence electrons. The Morgan fingerprint density at radius 1 is 1.38 bits per heavy atom. The van der Waals surface area contributed by atoms with Crippen molar-refractivity contribution >= 4 is 18.2 Å². The van der Waals surface area contributed by atoms with Crippen LogP contribution < -0.4 is 5.73 Å². The van der Waals surface area contributed by atoms with Crippen molar-refractivity contribution in [2.24, 2.45) is 5.73 Å². The van der Waals surface area contributed by atoms with Gasteiger partial charge >= 0.3 is 0 Å². The normalized spacial score (nSPS) is 14.0. The van der Waals surface area contributed by atoms with E-state index >= 15 is 0 Å². The third-order valence-electron chi connectivity index (χ3n) is 1.86. The summed E-state index contributed by atoms with van der Waals surface area (Å²) < 4.78 is 0. The van der Waals surface area contributed by atoms with Crippen LogP contribution in [0.25, 0.3) is 0 Å². The van der Waals surface area contributed by atoms with Gasteiger partial charge in [0.1, 0.15) is 11.4 Å². The smallest absolute Gasteiger partial charge is 0.143 e. The van der Waals surface area contributed by atoms with Crippen molar-refractivity contribution in [3.63, 3.8) is 0 Å². The summed E-state index contributed by atoms with van der Waals surface area (Å²) >= 11 is 0. The third-order valence-corrected chi connectivity index (χ3v) is 1.86. The van der Waals surface area contributed by atoms with Crippen molar-refractivity contribution in [2.75, 3.05) is 0 Å². The van der Waals surface area contributed by atoms with Gasteiger partial charge < -0.3 is 10.8 Å². The van der Waals surface area contributed by atoms with Crippen LogP contribution in [0.4, 0.5) is 0 Å². The van der Waals surface area contributed by atoms with Crippen molar-refractivity contribution in [2.45, 2.75) is 12.5 Å². The van der Waals surface area contributed by atoms with Crippen LogP contribution in [0.5, 0.6) is 0 Å². The Morgan fingerprint density at radius 2 is 1.85 bits per heavy atom. The predicted molar refractivity (Wildman–Crippen MR) is 55.2 cm³/mol. The highest BCUT2D eigenvalue weighted by Crippen LogP contribution is 2.18. The number of nitrogens with one attached hydrogen (secondary N) is 1. The molecule has 1 aromatic rings. The molecule has 0 radical (unpaired) electrons. The molecule has 13 heavy (non-hydrogen) atoms. The summed E-state index contributed by atoms with van der Waals surface area (Å²) in [6.07, 6.45) is 0. The van der Waals surface area contributed by atoms with Gasteiger partial charge in [0.05, 0.1) is 0 Å². The molecule has 3 nitrogen and oxygen atoms in total. The van der Waals surface area contributed by atoms with E-state index in [0.29, 0.717) is 5.56 Å². The Hall–Kier alpha value is -1.06. The van der Waals surface area contributed by atoms with Gasteiger partial charge in [-0.3, -0.25) is 5.41 Å². The van der Waals surface area contributed by atoms with Gasteiger partial charge in [0.15, 0.2) is 0 Å². The fourth-order valence-corrected chi connectivity index (χ4v) is 0.918. The lowest BCUT2D eigenvalue weighted by Crippen LogP contribution is -2.37. The van der Waals surface area contributed by atoms with Crippen molar-refractivity contribution in [1.29, 1.82) is 5.41 Å². The van der Waals surface area contributed by atoms with Crippen LogP contribution >= 0.6 is 12.4 Å². The molecule has 0 aromatic heterocycles. The Morgan fingerprint density at radius 3 is 2.23 bits per heavy atom. The van der Waals surface area contributed by atoms with Gasteiger partial charge in [-0.1, -0.05) is 30.3 Å². The molecule has 4 N–H and O–H groups in total. The summed E-state index contributed by atoms with van der Waals surface area (Å²) in [4.78, 5) is 0. The minimum Gasteiger partial charge on any atom is -0.385 e. The number of benzene rings is 1. The Labute approximate surface area is 83.5 Å². The van der Waals surface area contributed by atoms with Crippen molar-refractivity contribution < 1.29 is 5.11 Å². The monoisotopic (exact) mass is 200 g/mol. The average Bonchev–Trinajstić information content (AvgIpc) is 2.06. The topological polar surface area (TPSA) is 70.1 Å². The minimum absolute atomic E-state index is 0. The molecule has 1 rings (SSSR count). The molecular formula is C9H13ClN2O. The first-order valence-electron chi connectivity index (χ1n) is 3.67. The molecule has 0 aliphatic carbocycles. The highest BCUT2D eigenvalue weighted by atomic mass is 35.5. The number of amidine groups is 1. The van der Waals surface area contributed by atoms with Gasteiger partial charge in [-0.2, -0.15) is 0 Å². The van der Waals surface area contributed by atoms with Crippen LogP contribution in [0.1, 0.15) is 12.5 Å². The van der Waals surface area contributed by atoms with E-state index in [1.807, 2.05) is 6.07 Å². The largest absolute Gasteiger partial charge is 0.385 e. The Bertz CT molecular complexity index is 285. The molecular weight excluding hydrogens is 188 g/mol. The molecule has 1 aromatic carbocycles. The lowest BCUT2D eigenvalue weighted by molar-refractivity contribution is 0.130. The molecule has 1 unspecified atom stereocenters. The summed E-state index contributed by atoms with van der Waals surface area (Å²) in [5, 5.41) is 16.9. The molecule has 0 amide bonds. The molecule has 0 heterocycles. The molecule has 0 fully saturated rings. The number of rotatable bonds is 2. The summed E-state index contributed by atoms with van der Waals surface area (Å²) in [5.74, 6) is -0.242. The number of nitrogens with two attached hydrogens (primary N) is 1. The van der Waals surface area contributed by atoms with Crippen LogP contribution in [0.3, 0.4) is 0 Å². The van der Waals surface area contributed by atoms with Crippen LogP contribution in [-0.4, -0.2) is 10.9 Å². The Kier molecular flexibility index (Phi) is 3.91. The summed E-state index contributed by atoms with van der Waals surface area (Å²) in [6.45, 7) is 1.50. The first-order valence-corrected chi connectivity index (χ1v) is 3.67. The summed E-state index contributed by atoms with van der Waals surface area (Å²) in [5.41, 5.74) is 4.53. The summed E-state index contributed by atoms with van der Waals surface area (Å²) in [6, 6.07) is 8.92. The van der Waals surface area contributed by atoms with Crippen LogP contribution in [-0.2, 0) is 5.60 Å². The molecule has 4 heteroatoms. The van der Waals surface area contributed by atoms with E-state index in [0.717, 1.165) is 0 Å². The van der Waals surface area contributed by atoms with Gasteiger partial charge in [0.25, 0.3) is 0 Å². The second-order valence-electron chi connectivity index (χ2n) is 2.85. The fraction of sp³-hybridized carbons (Fsp3) is 0.222. The predicted octanol–water partition coefficient (Wildman–Crippen LogP) is 1.25. The second kappa shape index (κ2) is 4.25. The van der Waals surface area contributed by atoms with Crippen LogP contribution in [0.2, 0.25) is 0 Å². The van der Waals surface area contributed by atoms with Crippen molar-refractivity contribution in [1.82, 2.24) is 0 Å². The SMILES string of the molecule is CC(O)(C(=N)N)c1ccccc1.Cl. The maximum atomic E-state index is 9.71. The van der Waals surface area contributed by atoms with E-state index in [1.54, 1.807) is 24.3 Å². The van der Waals surface area contributed by atoms with Crippen molar-refractivity contribution in [3.05, 3.63) is 35.9 Å². The fourth-order valence-electron chi connectivity index (χ4n) is 0.918. The highest BCUT2D eigenvalue weighted by Gasteiger charge is 2.25. The number of halogens is 1. The van der Waals surface area contributed by atoms with E-state index in [1.165, 1.54) is 6.92 Å². The second-order valence-corrected chi connectivity index (χ2v) is 2.85. The molecule has 0 aliphatic heterocycles. The highest BCUT2D eigenvalue weighted by molar-refractivity contribution is 5.86. The van der Waals surface area contributed by atoms with Crippen molar-refractivity contribution in [3.8, 4) is 0 Å². The first kappa shape index (κ1) is 11.9. The zero-order chi connectivity index (χ0) is 9.19. The minimum atomic E-state index is -1.35. The summed E-state index contributed by atoms with van der Waals surface area (Å²) in [7, 11) is 0. The quantitative estimate of drug-likeness (QED) is 0.497. The average molecular weight is 201 g/mol. The lowest BCUT2D eigenvalue weighted by Gasteiger charge is -2.21. The van der Waals surface area contributed by atoms with E-state index in [9.17, 15) is 5.11 Å². The maximum Gasteiger partial charge on any atom is 0.143 e. The van der Waals surface area contributed by atoms with E-state index < -0.39 is 5.60 Å². The standard InChI is InChI=1S/C9H12N2O.ClH/c1-9(12,8(10)11)7-5-3-2-4-6-7;/h2-6,12H,1H3,(H3,10,11);1H. The van der Waals surface area contributed by atoms with Gasteiger partial charge in [-0.25, -0.2) is 0 Å². The lowest BCUT2D eigenvalue weighted by atomic mass is 9.95. The number of hydrogen-bond donors (Lipinski definition) is 3.